The van der Waals surface area contributed by atoms with Crippen LogP contribution >= 0.6 is 0 Å². The first kappa shape index (κ1) is 11.2. The highest BCUT2D eigenvalue weighted by molar-refractivity contribution is 5.17. The summed E-state index contributed by atoms with van der Waals surface area (Å²) in [7, 11) is 0. The highest BCUT2D eigenvalue weighted by Gasteiger charge is 2.05. The smallest absolute Gasteiger partial charge is 0.0619 e. The molecule has 1 rings (SSSR count). The minimum absolute atomic E-state index is 0.734. The first-order valence-corrected chi connectivity index (χ1v) is 5.31. The minimum atomic E-state index is 0.734. The van der Waals surface area contributed by atoms with Gasteiger partial charge in [0.25, 0.3) is 0 Å². The van der Waals surface area contributed by atoms with Gasteiger partial charge < -0.3 is 0 Å². The molecular weight excluding hydrogens is 172 g/mol. The summed E-state index contributed by atoms with van der Waals surface area (Å²) in [5.74, 6) is 0.734. The van der Waals surface area contributed by atoms with E-state index in [2.05, 4.69) is 30.7 Å². The third-order valence-electron chi connectivity index (χ3n) is 2.54. The SMILES string of the molecule is Cc1nc(C)c(CCC(C)C)nc1C. The molecule has 0 aliphatic rings. The zero-order valence-electron chi connectivity index (χ0n) is 9.89. The molecule has 0 radical (unpaired) electrons. The number of nitrogens with zero attached hydrogens (tertiary/aromatic N) is 2. The van der Waals surface area contributed by atoms with Crippen molar-refractivity contribution in [2.24, 2.45) is 5.92 Å². The lowest BCUT2D eigenvalue weighted by Gasteiger charge is -2.09. The van der Waals surface area contributed by atoms with Crippen molar-refractivity contribution in [3.8, 4) is 0 Å². The van der Waals surface area contributed by atoms with E-state index in [9.17, 15) is 0 Å². The molecule has 14 heavy (non-hydrogen) atoms. The lowest BCUT2D eigenvalue weighted by molar-refractivity contribution is 0.578. The minimum Gasteiger partial charge on any atom is -0.255 e. The normalized spacial score (nSPS) is 11.0. The standard InChI is InChI=1S/C12H20N2/c1-8(2)6-7-12-11(5)13-9(3)10(4)14-12/h8H,6-7H2,1-5H3. The quantitative estimate of drug-likeness (QED) is 0.735. The molecular formula is C12H20N2. The second-order valence-corrected chi connectivity index (χ2v) is 4.36. The summed E-state index contributed by atoms with van der Waals surface area (Å²) in [6, 6.07) is 0. The van der Waals surface area contributed by atoms with E-state index in [4.69, 9.17) is 0 Å². The van der Waals surface area contributed by atoms with Crippen LogP contribution in [0.1, 0.15) is 43.0 Å². The van der Waals surface area contributed by atoms with Gasteiger partial charge in [-0.2, -0.15) is 0 Å². The summed E-state index contributed by atoms with van der Waals surface area (Å²) < 4.78 is 0. The molecule has 1 heterocycles. The first-order valence-electron chi connectivity index (χ1n) is 5.31. The van der Waals surface area contributed by atoms with Crippen molar-refractivity contribution in [3.05, 3.63) is 22.8 Å². The summed E-state index contributed by atoms with van der Waals surface area (Å²) in [5, 5.41) is 0. The Kier molecular flexibility index (Phi) is 3.62. The molecule has 0 bridgehead atoms. The third kappa shape index (κ3) is 2.79. The Balaban J connectivity index is 2.82. The van der Waals surface area contributed by atoms with Crippen molar-refractivity contribution in [2.45, 2.75) is 47.5 Å². The van der Waals surface area contributed by atoms with Crippen LogP contribution in [0.4, 0.5) is 0 Å². The van der Waals surface area contributed by atoms with Crippen molar-refractivity contribution in [1.82, 2.24) is 9.97 Å². The van der Waals surface area contributed by atoms with E-state index in [0.29, 0.717) is 0 Å². The van der Waals surface area contributed by atoms with Gasteiger partial charge in [0.1, 0.15) is 0 Å². The second kappa shape index (κ2) is 4.54. The number of aromatic nitrogens is 2. The molecule has 0 unspecified atom stereocenters. The fourth-order valence-electron chi connectivity index (χ4n) is 1.42. The van der Waals surface area contributed by atoms with Crippen LogP contribution in [0.25, 0.3) is 0 Å². The Labute approximate surface area is 86.8 Å². The van der Waals surface area contributed by atoms with Crippen LogP contribution in [-0.2, 0) is 6.42 Å². The van der Waals surface area contributed by atoms with Gasteiger partial charge in [-0.25, -0.2) is 0 Å². The van der Waals surface area contributed by atoms with E-state index >= 15 is 0 Å². The molecule has 2 nitrogen and oxygen atoms in total. The van der Waals surface area contributed by atoms with Crippen LogP contribution in [0.2, 0.25) is 0 Å². The largest absolute Gasteiger partial charge is 0.255 e. The molecule has 1 aromatic rings. The van der Waals surface area contributed by atoms with Gasteiger partial charge in [0.2, 0.25) is 0 Å². The monoisotopic (exact) mass is 192 g/mol. The van der Waals surface area contributed by atoms with Crippen molar-refractivity contribution in [1.29, 1.82) is 0 Å². The van der Waals surface area contributed by atoms with Gasteiger partial charge in [-0.1, -0.05) is 13.8 Å². The van der Waals surface area contributed by atoms with Gasteiger partial charge in [-0.3, -0.25) is 9.97 Å². The number of aryl methyl sites for hydroxylation is 4. The molecule has 1 aromatic heterocycles. The van der Waals surface area contributed by atoms with E-state index in [1.165, 1.54) is 12.1 Å². The third-order valence-corrected chi connectivity index (χ3v) is 2.54. The Morgan fingerprint density at radius 2 is 1.50 bits per heavy atom. The van der Waals surface area contributed by atoms with Crippen LogP contribution in [-0.4, -0.2) is 9.97 Å². The Morgan fingerprint density at radius 1 is 0.929 bits per heavy atom. The van der Waals surface area contributed by atoms with Crippen molar-refractivity contribution in [3.63, 3.8) is 0 Å². The van der Waals surface area contributed by atoms with Gasteiger partial charge in [-0.05, 0) is 39.5 Å². The van der Waals surface area contributed by atoms with E-state index in [1.54, 1.807) is 0 Å². The molecule has 0 fully saturated rings. The zero-order chi connectivity index (χ0) is 10.7. The van der Waals surface area contributed by atoms with Gasteiger partial charge in [0, 0.05) is 0 Å². The molecule has 0 aliphatic carbocycles. The van der Waals surface area contributed by atoms with Crippen LogP contribution in [0.15, 0.2) is 0 Å². The molecule has 0 saturated carbocycles. The predicted octanol–water partition coefficient (Wildman–Crippen LogP) is 2.99. The average Bonchev–Trinajstić information content (AvgIpc) is 2.09. The predicted molar refractivity (Wildman–Crippen MR) is 59.4 cm³/mol. The summed E-state index contributed by atoms with van der Waals surface area (Å²) >= 11 is 0. The molecule has 0 aliphatic heterocycles. The van der Waals surface area contributed by atoms with Crippen LogP contribution in [0, 0.1) is 26.7 Å². The number of hydrogen-bond acceptors (Lipinski definition) is 2. The van der Waals surface area contributed by atoms with Crippen LogP contribution < -0.4 is 0 Å². The molecule has 0 spiro atoms. The molecule has 2 heteroatoms. The molecule has 0 N–H and O–H groups in total. The Morgan fingerprint density at radius 3 is 2.07 bits per heavy atom. The molecule has 78 valence electrons. The zero-order valence-corrected chi connectivity index (χ0v) is 9.89. The Bertz CT molecular complexity index is 316. The van der Waals surface area contributed by atoms with E-state index in [-0.39, 0.29) is 0 Å². The summed E-state index contributed by atoms with van der Waals surface area (Å²) in [4.78, 5) is 9.07. The number of rotatable bonds is 3. The van der Waals surface area contributed by atoms with Crippen molar-refractivity contribution < 1.29 is 0 Å². The van der Waals surface area contributed by atoms with Crippen molar-refractivity contribution in [2.75, 3.05) is 0 Å². The second-order valence-electron chi connectivity index (χ2n) is 4.36. The maximum atomic E-state index is 4.58. The van der Waals surface area contributed by atoms with Crippen molar-refractivity contribution >= 4 is 0 Å². The van der Waals surface area contributed by atoms with E-state index in [1.807, 2.05) is 13.8 Å². The van der Waals surface area contributed by atoms with Crippen LogP contribution in [0.5, 0.6) is 0 Å². The first-order chi connectivity index (χ1) is 6.50. The molecule has 0 amide bonds. The van der Waals surface area contributed by atoms with Crippen LogP contribution in [0.3, 0.4) is 0 Å². The fourth-order valence-corrected chi connectivity index (χ4v) is 1.42. The van der Waals surface area contributed by atoms with Gasteiger partial charge in [0.15, 0.2) is 0 Å². The molecule has 0 atom stereocenters. The highest BCUT2D eigenvalue weighted by atomic mass is 14.8. The summed E-state index contributed by atoms with van der Waals surface area (Å²) in [6.07, 6.45) is 2.25. The topological polar surface area (TPSA) is 25.8 Å². The van der Waals surface area contributed by atoms with Gasteiger partial charge >= 0.3 is 0 Å². The van der Waals surface area contributed by atoms with Gasteiger partial charge in [0.05, 0.1) is 22.8 Å². The fraction of sp³-hybridized carbons (Fsp3) is 0.667. The average molecular weight is 192 g/mol. The summed E-state index contributed by atoms with van der Waals surface area (Å²) in [5.41, 5.74) is 4.38. The molecule has 0 aromatic carbocycles. The van der Waals surface area contributed by atoms with Gasteiger partial charge in [-0.15, -0.1) is 0 Å². The van der Waals surface area contributed by atoms with E-state index in [0.717, 1.165) is 29.4 Å². The Hall–Kier alpha value is -0.920. The molecule has 0 saturated heterocycles. The lowest BCUT2D eigenvalue weighted by Crippen LogP contribution is -2.04. The van der Waals surface area contributed by atoms with E-state index < -0.39 is 0 Å². The highest BCUT2D eigenvalue weighted by Crippen LogP contribution is 2.11. The maximum absolute atomic E-state index is 4.58. The number of hydrogen-bond donors (Lipinski definition) is 0. The summed E-state index contributed by atoms with van der Waals surface area (Å²) in [6.45, 7) is 10.6. The maximum Gasteiger partial charge on any atom is 0.0619 e. The lowest BCUT2D eigenvalue weighted by atomic mass is 10.1.